The fourth-order valence-electron chi connectivity index (χ4n) is 2.01. The van der Waals surface area contributed by atoms with Gasteiger partial charge in [-0.1, -0.05) is 12.1 Å². The fraction of sp³-hybridized carbons (Fsp3) is 0.333. The van der Waals surface area contributed by atoms with E-state index in [9.17, 15) is 0 Å². The molecule has 0 bridgehead atoms. The Hall–Kier alpha value is -2.10. The second-order valence-electron chi connectivity index (χ2n) is 4.16. The topological polar surface area (TPSA) is 47.0 Å². The third kappa shape index (κ3) is 2.84. The normalized spacial score (nSPS) is 10.3. The van der Waals surface area contributed by atoms with E-state index in [0.717, 1.165) is 34.9 Å². The molecule has 0 saturated carbocycles. The molecule has 1 N–H and O–H groups in total. The molecule has 0 aliphatic rings. The Balaban J connectivity index is 2.50. The van der Waals surface area contributed by atoms with Gasteiger partial charge in [-0.2, -0.15) is 0 Å². The smallest absolute Gasteiger partial charge is 0.132 e. The second kappa shape index (κ2) is 6.18. The van der Waals surface area contributed by atoms with Crippen LogP contribution in [-0.4, -0.2) is 23.1 Å². The number of aromatic nitrogens is 2. The number of hydrogen-bond donors (Lipinski definition) is 1. The quantitative estimate of drug-likeness (QED) is 0.893. The number of nitrogens with one attached hydrogen (secondary N) is 1. The van der Waals surface area contributed by atoms with Gasteiger partial charge in [-0.05, 0) is 32.9 Å². The molecule has 0 atom stereocenters. The van der Waals surface area contributed by atoms with Crippen molar-refractivity contribution in [3.63, 3.8) is 0 Å². The molecule has 0 unspecified atom stereocenters. The number of nitrogens with zero attached hydrogens (tertiary/aromatic N) is 2. The summed E-state index contributed by atoms with van der Waals surface area (Å²) in [7, 11) is 0. The van der Waals surface area contributed by atoms with Crippen molar-refractivity contribution in [2.45, 2.75) is 20.8 Å². The van der Waals surface area contributed by atoms with Crippen LogP contribution in [0.25, 0.3) is 11.3 Å². The van der Waals surface area contributed by atoms with Crippen molar-refractivity contribution in [2.75, 3.05) is 18.5 Å². The van der Waals surface area contributed by atoms with Gasteiger partial charge in [-0.3, -0.25) is 0 Å². The number of para-hydroxylation sites is 1. The highest BCUT2D eigenvalue weighted by atomic mass is 16.5. The SMILES string of the molecule is CCNc1ncnc(-c2ccccc2OCC)c1C. The summed E-state index contributed by atoms with van der Waals surface area (Å²) in [5.74, 6) is 1.73. The van der Waals surface area contributed by atoms with E-state index in [0.29, 0.717) is 6.61 Å². The third-order valence-corrected chi connectivity index (χ3v) is 2.87. The number of hydrogen-bond acceptors (Lipinski definition) is 4. The van der Waals surface area contributed by atoms with Crippen molar-refractivity contribution in [2.24, 2.45) is 0 Å². The Labute approximate surface area is 113 Å². The van der Waals surface area contributed by atoms with Gasteiger partial charge in [0.05, 0.1) is 12.3 Å². The minimum Gasteiger partial charge on any atom is -0.493 e. The molecule has 2 aromatic rings. The molecular formula is C15H19N3O. The minimum absolute atomic E-state index is 0.640. The molecule has 0 radical (unpaired) electrons. The molecule has 4 heteroatoms. The Morgan fingerprint density at radius 2 is 1.95 bits per heavy atom. The Bertz CT molecular complexity index is 555. The van der Waals surface area contributed by atoms with Crippen LogP contribution in [0.2, 0.25) is 0 Å². The molecule has 100 valence electrons. The van der Waals surface area contributed by atoms with Crippen LogP contribution in [0.15, 0.2) is 30.6 Å². The van der Waals surface area contributed by atoms with Crippen molar-refractivity contribution in [3.05, 3.63) is 36.2 Å². The first-order valence-electron chi connectivity index (χ1n) is 6.55. The molecule has 4 nitrogen and oxygen atoms in total. The van der Waals surface area contributed by atoms with E-state index in [2.05, 4.69) is 22.2 Å². The van der Waals surface area contributed by atoms with Crippen LogP contribution < -0.4 is 10.1 Å². The van der Waals surface area contributed by atoms with Gasteiger partial charge < -0.3 is 10.1 Å². The Morgan fingerprint density at radius 1 is 1.16 bits per heavy atom. The molecule has 1 aromatic carbocycles. The van der Waals surface area contributed by atoms with Crippen LogP contribution in [0.4, 0.5) is 5.82 Å². The van der Waals surface area contributed by atoms with Gasteiger partial charge in [0, 0.05) is 17.7 Å². The van der Waals surface area contributed by atoms with Crippen LogP contribution in [-0.2, 0) is 0 Å². The van der Waals surface area contributed by atoms with Crippen molar-refractivity contribution in [3.8, 4) is 17.0 Å². The predicted octanol–water partition coefficient (Wildman–Crippen LogP) is 3.28. The van der Waals surface area contributed by atoms with Gasteiger partial charge in [-0.25, -0.2) is 9.97 Å². The molecule has 0 fully saturated rings. The number of rotatable bonds is 5. The summed E-state index contributed by atoms with van der Waals surface area (Å²) < 4.78 is 5.67. The zero-order valence-electron chi connectivity index (χ0n) is 11.6. The van der Waals surface area contributed by atoms with Crippen molar-refractivity contribution in [1.82, 2.24) is 9.97 Å². The Morgan fingerprint density at radius 3 is 2.68 bits per heavy atom. The summed E-state index contributed by atoms with van der Waals surface area (Å²) in [4.78, 5) is 8.67. The molecule has 0 aliphatic carbocycles. The maximum atomic E-state index is 5.67. The average Bonchev–Trinajstić information content (AvgIpc) is 2.43. The highest BCUT2D eigenvalue weighted by Gasteiger charge is 2.12. The number of benzene rings is 1. The van der Waals surface area contributed by atoms with E-state index in [4.69, 9.17) is 4.74 Å². The summed E-state index contributed by atoms with van der Waals surface area (Å²) in [6.45, 7) is 7.53. The highest BCUT2D eigenvalue weighted by molar-refractivity contribution is 5.73. The lowest BCUT2D eigenvalue weighted by atomic mass is 10.1. The molecule has 0 spiro atoms. The Kier molecular flexibility index (Phi) is 4.34. The maximum absolute atomic E-state index is 5.67. The van der Waals surface area contributed by atoms with Crippen LogP contribution in [0.1, 0.15) is 19.4 Å². The van der Waals surface area contributed by atoms with E-state index in [1.54, 1.807) is 6.33 Å². The van der Waals surface area contributed by atoms with Crippen LogP contribution in [0.3, 0.4) is 0 Å². The predicted molar refractivity (Wildman–Crippen MR) is 77.5 cm³/mol. The summed E-state index contributed by atoms with van der Waals surface area (Å²) in [6.07, 6.45) is 1.59. The van der Waals surface area contributed by atoms with Gasteiger partial charge >= 0.3 is 0 Å². The minimum atomic E-state index is 0.640. The molecule has 1 heterocycles. The van der Waals surface area contributed by atoms with Crippen LogP contribution in [0.5, 0.6) is 5.75 Å². The molecular weight excluding hydrogens is 238 g/mol. The zero-order chi connectivity index (χ0) is 13.7. The molecule has 0 saturated heterocycles. The van der Waals surface area contributed by atoms with E-state index >= 15 is 0 Å². The van der Waals surface area contributed by atoms with E-state index in [1.807, 2.05) is 38.1 Å². The summed E-state index contributed by atoms with van der Waals surface area (Å²) in [6, 6.07) is 7.95. The van der Waals surface area contributed by atoms with Crippen LogP contribution >= 0.6 is 0 Å². The van der Waals surface area contributed by atoms with Gasteiger partial charge in [0.2, 0.25) is 0 Å². The van der Waals surface area contributed by atoms with Crippen molar-refractivity contribution < 1.29 is 4.74 Å². The van der Waals surface area contributed by atoms with E-state index in [1.165, 1.54) is 0 Å². The fourth-order valence-corrected chi connectivity index (χ4v) is 2.01. The van der Waals surface area contributed by atoms with Crippen LogP contribution in [0, 0.1) is 6.92 Å². The van der Waals surface area contributed by atoms with E-state index in [-0.39, 0.29) is 0 Å². The first-order valence-corrected chi connectivity index (χ1v) is 6.55. The molecule has 19 heavy (non-hydrogen) atoms. The molecule has 1 aromatic heterocycles. The monoisotopic (exact) mass is 257 g/mol. The van der Waals surface area contributed by atoms with Crippen molar-refractivity contribution >= 4 is 5.82 Å². The van der Waals surface area contributed by atoms with Crippen molar-refractivity contribution in [1.29, 1.82) is 0 Å². The standard InChI is InChI=1S/C15H19N3O/c1-4-16-15-11(3)14(17-10-18-15)12-8-6-7-9-13(12)19-5-2/h6-10H,4-5H2,1-3H3,(H,16,17,18). The zero-order valence-corrected chi connectivity index (χ0v) is 11.6. The van der Waals surface area contributed by atoms with Gasteiger partial charge in [0.1, 0.15) is 17.9 Å². The highest BCUT2D eigenvalue weighted by Crippen LogP contribution is 2.32. The second-order valence-corrected chi connectivity index (χ2v) is 4.16. The molecule has 0 amide bonds. The lowest BCUT2D eigenvalue weighted by Crippen LogP contribution is -2.04. The third-order valence-electron chi connectivity index (χ3n) is 2.87. The lowest BCUT2D eigenvalue weighted by molar-refractivity contribution is 0.341. The van der Waals surface area contributed by atoms with Gasteiger partial charge in [0.25, 0.3) is 0 Å². The average molecular weight is 257 g/mol. The van der Waals surface area contributed by atoms with E-state index < -0.39 is 0 Å². The lowest BCUT2D eigenvalue weighted by Gasteiger charge is -2.13. The summed E-state index contributed by atoms with van der Waals surface area (Å²) in [5, 5.41) is 3.25. The summed E-state index contributed by atoms with van der Waals surface area (Å²) in [5.41, 5.74) is 2.95. The number of anilines is 1. The molecule has 2 rings (SSSR count). The number of ether oxygens (including phenoxy) is 1. The van der Waals surface area contributed by atoms with Gasteiger partial charge in [0.15, 0.2) is 0 Å². The maximum Gasteiger partial charge on any atom is 0.132 e. The first kappa shape index (κ1) is 13.3. The summed E-state index contributed by atoms with van der Waals surface area (Å²) >= 11 is 0. The van der Waals surface area contributed by atoms with Gasteiger partial charge in [-0.15, -0.1) is 0 Å². The molecule has 0 aliphatic heterocycles. The first-order chi connectivity index (χ1) is 9.27. The largest absolute Gasteiger partial charge is 0.493 e.